The van der Waals surface area contributed by atoms with Crippen LogP contribution in [0.4, 0.5) is 15.3 Å². The van der Waals surface area contributed by atoms with Gasteiger partial charge in [0.15, 0.2) is 0 Å². The number of rotatable bonds is 10. The largest absolute Gasteiger partial charge is 0.450 e. The van der Waals surface area contributed by atoms with Gasteiger partial charge in [-0.25, -0.2) is 9.59 Å². The zero-order chi connectivity index (χ0) is 28.5. The maximum Gasteiger partial charge on any atom is 0.434 e. The Labute approximate surface area is 235 Å². The van der Waals surface area contributed by atoms with Gasteiger partial charge in [-0.05, 0) is 75.1 Å². The lowest BCUT2D eigenvalue weighted by molar-refractivity contribution is 0.162. The third-order valence-electron chi connectivity index (χ3n) is 6.91. The van der Waals surface area contributed by atoms with E-state index >= 15 is 0 Å². The number of benzene rings is 3. The Hall–Kier alpha value is -4.17. The highest BCUT2D eigenvalue weighted by Gasteiger charge is 2.20. The molecule has 8 heteroatoms. The molecular formula is C32H38N4O4. The zero-order valence-corrected chi connectivity index (χ0v) is 23.8. The second-order valence-electron chi connectivity index (χ2n) is 9.36. The third-order valence-corrected chi connectivity index (χ3v) is 6.91. The Bertz CT molecular complexity index is 1490. The van der Waals surface area contributed by atoms with E-state index in [1.807, 2.05) is 54.6 Å². The lowest BCUT2D eigenvalue weighted by Crippen LogP contribution is -2.25. The number of carbonyl (C=O) groups is 2. The van der Waals surface area contributed by atoms with Crippen molar-refractivity contribution in [1.82, 2.24) is 9.47 Å². The van der Waals surface area contributed by atoms with Crippen molar-refractivity contribution in [3.63, 3.8) is 0 Å². The normalized spacial score (nSPS) is 11.8. The van der Waals surface area contributed by atoms with Crippen molar-refractivity contribution in [3.05, 3.63) is 72.1 Å². The molecule has 4 rings (SSSR count). The third kappa shape index (κ3) is 6.69. The van der Waals surface area contributed by atoms with Crippen LogP contribution < -0.4 is 10.7 Å². The van der Waals surface area contributed by atoms with E-state index in [4.69, 9.17) is 9.47 Å². The summed E-state index contributed by atoms with van der Waals surface area (Å²) in [5.74, 6) is 0. The lowest BCUT2D eigenvalue weighted by Gasteiger charge is -2.26. The predicted molar refractivity (Wildman–Crippen MR) is 160 cm³/mol. The average molecular weight is 543 g/mol. The van der Waals surface area contributed by atoms with Crippen molar-refractivity contribution in [2.45, 2.75) is 40.7 Å². The fourth-order valence-electron chi connectivity index (χ4n) is 5.04. The first-order valence-corrected chi connectivity index (χ1v) is 14.0. The van der Waals surface area contributed by atoms with E-state index in [9.17, 15) is 9.59 Å². The van der Waals surface area contributed by atoms with Crippen molar-refractivity contribution in [2.75, 3.05) is 38.2 Å². The van der Waals surface area contributed by atoms with E-state index < -0.39 is 12.2 Å². The van der Waals surface area contributed by atoms with E-state index in [1.54, 1.807) is 13.8 Å². The van der Waals surface area contributed by atoms with E-state index in [-0.39, 0.29) is 6.61 Å². The summed E-state index contributed by atoms with van der Waals surface area (Å²) in [6, 6.07) is 22.0. The van der Waals surface area contributed by atoms with E-state index in [1.165, 1.54) is 0 Å². The van der Waals surface area contributed by atoms with Crippen LogP contribution in [-0.2, 0) is 16.0 Å². The molecule has 2 aromatic rings. The molecule has 0 atom stereocenters. The molecule has 0 saturated carbocycles. The fraction of sp³-hybridized carbons (Fsp3) is 0.344. The van der Waals surface area contributed by atoms with Gasteiger partial charge in [-0.1, -0.05) is 56.3 Å². The minimum Gasteiger partial charge on any atom is -0.450 e. The Balaban J connectivity index is 1.99. The number of carbonyl (C=O) groups excluding carboxylic acids is 2. The van der Waals surface area contributed by atoms with Crippen molar-refractivity contribution >= 4 is 28.6 Å². The maximum absolute atomic E-state index is 12.2. The van der Waals surface area contributed by atoms with Crippen LogP contribution in [0.25, 0.3) is 33.3 Å². The highest BCUT2D eigenvalue weighted by Crippen LogP contribution is 2.39. The number of pyridine rings is 1. The monoisotopic (exact) mass is 542 g/mol. The van der Waals surface area contributed by atoms with E-state index in [0.29, 0.717) is 17.7 Å². The van der Waals surface area contributed by atoms with Crippen LogP contribution in [0, 0.1) is 0 Å². The topological polar surface area (TPSA) is 85.2 Å². The molecular weight excluding hydrogens is 504 g/mol. The summed E-state index contributed by atoms with van der Waals surface area (Å²) in [5.41, 5.74) is 4.75. The van der Waals surface area contributed by atoms with Gasteiger partial charge < -0.3 is 18.9 Å². The van der Waals surface area contributed by atoms with Gasteiger partial charge in [0, 0.05) is 23.2 Å². The molecule has 2 aliphatic rings. The van der Waals surface area contributed by atoms with Gasteiger partial charge in [-0.15, -0.1) is 0 Å². The van der Waals surface area contributed by atoms with Crippen molar-refractivity contribution in [1.29, 1.82) is 0 Å². The number of hydrogen-bond acceptors (Lipinski definition) is 5. The fourth-order valence-corrected chi connectivity index (χ4v) is 5.04. The van der Waals surface area contributed by atoms with Crippen LogP contribution in [0.3, 0.4) is 0 Å². The summed E-state index contributed by atoms with van der Waals surface area (Å²) in [4.78, 5) is 31.0. The zero-order valence-electron chi connectivity index (χ0n) is 23.8. The number of anilines is 1. The van der Waals surface area contributed by atoms with E-state index in [0.717, 1.165) is 65.9 Å². The Morgan fingerprint density at radius 1 is 0.875 bits per heavy atom. The molecule has 1 aliphatic carbocycles. The Kier molecular flexibility index (Phi) is 9.91. The van der Waals surface area contributed by atoms with Crippen molar-refractivity contribution < 1.29 is 19.1 Å². The van der Waals surface area contributed by atoms with Crippen LogP contribution in [-0.4, -0.2) is 54.5 Å². The molecule has 0 spiro atoms. The number of fused-ring (bicyclic) bond motifs is 3. The quantitative estimate of drug-likeness (QED) is 0.224. The predicted octanol–water partition coefficient (Wildman–Crippen LogP) is 6.77. The molecule has 0 aromatic heterocycles. The molecule has 0 unspecified atom stereocenters. The molecule has 2 aromatic carbocycles. The SMILES string of the molecule is CCOC(=O)N=c1ccc2c3ccc(NC(=O)OCC)cc3c(-c3ccccc3)n(CCCN(CC)CC)c-2c1. The molecule has 0 radical (unpaired) electrons. The highest BCUT2D eigenvalue weighted by molar-refractivity contribution is 6.06. The van der Waals surface area contributed by atoms with Crippen LogP contribution in [0.5, 0.6) is 0 Å². The van der Waals surface area contributed by atoms with Crippen LogP contribution in [0.15, 0.2) is 71.7 Å². The minimum atomic E-state index is -0.603. The molecule has 1 N–H and O–H groups in total. The second-order valence-corrected chi connectivity index (χ2v) is 9.36. The smallest absolute Gasteiger partial charge is 0.434 e. The van der Waals surface area contributed by atoms with Crippen LogP contribution >= 0.6 is 0 Å². The molecule has 8 nitrogen and oxygen atoms in total. The number of ether oxygens (including phenoxy) is 2. The molecule has 0 saturated heterocycles. The maximum atomic E-state index is 12.2. The van der Waals surface area contributed by atoms with Crippen LogP contribution in [0.1, 0.15) is 34.1 Å². The van der Waals surface area contributed by atoms with E-state index in [2.05, 4.69) is 45.8 Å². The van der Waals surface area contributed by atoms with Gasteiger partial charge in [0.2, 0.25) is 0 Å². The van der Waals surface area contributed by atoms with Gasteiger partial charge in [-0.3, -0.25) is 5.32 Å². The summed E-state index contributed by atoms with van der Waals surface area (Å²) in [7, 11) is 0. The van der Waals surface area contributed by atoms with Gasteiger partial charge in [-0.2, -0.15) is 4.99 Å². The minimum absolute atomic E-state index is 0.270. The molecule has 1 aliphatic heterocycles. The Morgan fingerprint density at radius 2 is 1.62 bits per heavy atom. The first-order valence-electron chi connectivity index (χ1n) is 14.0. The second kappa shape index (κ2) is 13.8. The first-order chi connectivity index (χ1) is 19.5. The lowest BCUT2D eigenvalue weighted by atomic mass is 9.94. The summed E-state index contributed by atoms with van der Waals surface area (Å²) in [6.45, 7) is 12.2. The van der Waals surface area contributed by atoms with Gasteiger partial charge in [0.05, 0.1) is 30.0 Å². The van der Waals surface area contributed by atoms with Gasteiger partial charge >= 0.3 is 12.2 Å². The number of nitrogens with zero attached hydrogens (tertiary/aromatic N) is 3. The Morgan fingerprint density at radius 3 is 2.33 bits per heavy atom. The molecule has 210 valence electrons. The van der Waals surface area contributed by atoms with Crippen LogP contribution in [0.2, 0.25) is 0 Å². The number of nitrogens with one attached hydrogen (secondary N) is 1. The van der Waals surface area contributed by atoms with Gasteiger partial charge in [0.25, 0.3) is 0 Å². The van der Waals surface area contributed by atoms with Crippen molar-refractivity contribution in [2.24, 2.45) is 4.99 Å². The standard InChI is InChI=1S/C32H38N4O4/c1-5-35(6-2)19-12-20-36-29-22-25(34-32(38)40-8-4)16-18-27(29)26-17-15-24(33-31(37)39-7-3)21-28(26)30(36)23-13-10-9-11-14-23/h9-11,13-18,21-22H,5-8,12,19-20H2,1-4H3,(H,33,37). The average Bonchev–Trinajstić information content (AvgIpc) is 2.96. The number of hydrogen-bond donors (Lipinski definition) is 1. The highest BCUT2D eigenvalue weighted by atomic mass is 16.5. The molecule has 2 amide bonds. The first kappa shape index (κ1) is 28.8. The summed E-state index contributed by atoms with van der Waals surface area (Å²) >= 11 is 0. The molecule has 1 heterocycles. The number of amides is 2. The molecule has 40 heavy (non-hydrogen) atoms. The number of aromatic nitrogens is 1. The molecule has 0 bridgehead atoms. The molecule has 0 fully saturated rings. The van der Waals surface area contributed by atoms with Crippen molar-refractivity contribution in [3.8, 4) is 22.5 Å². The summed E-state index contributed by atoms with van der Waals surface area (Å²) < 4.78 is 12.5. The van der Waals surface area contributed by atoms with Gasteiger partial charge in [0.1, 0.15) is 0 Å². The summed E-state index contributed by atoms with van der Waals surface area (Å²) in [5, 5.41) is 5.44. The summed E-state index contributed by atoms with van der Waals surface area (Å²) in [6.07, 6.45) is -0.151.